The Morgan fingerprint density at radius 3 is 2.41 bits per heavy atom. The highest BCUT2D eigenvalue weighted by Gasteiger charge is 2.22. The predicted octanol–water partition coefficient (Wildman–Crippen LogP) is 1.93. The van der Waals surface area contributed by atoms with Gasteiger partial charge in [0.15, 0.2) is 0 Å². The molecule has 0 aromatic heterocycles. The van der Waals surface area contributed by atoms with Gasteiger partial charge in [-0.1, -0.05) is 6.42 Å². The van der Waals surface area contributed by atoms with Crippen molar-refractivity contribution in [3.05, 3.63) is 38.4 Å². The van der Waals surface area contributed by atoms with Crippen LogP contribution in [0.4, 0.5) is 17.1 Å². The van der Waals surface area contributed by atoms with Crippen LogP contribution < -0.4 is 5.32 Å². The molecule has 2 rings (SSSR count). The molecular weight excluding hydrogens is 292 g/mol. The van der Waals surface area contributed by atoms with Gasteiger partial charge in [-0.25, -0.2) is 0 Å². The van der Waals surface area contributed by atoms with E-state index in [1.165, 1.54) is 6.07 Å². The summed E-state index contributed by atoms with van der Waals surface area (Å²) in [5.41, 5.74) is -0.903. The standard InChI is InChI=1S/C13H16N4O5/c18-13(9-15-6-2-1-3-7-15)14-11-5-4-10(16(19)20)8-12(11)17(21)22/h4-5,8H,1-3,6-7,9H2,(H,14,18). The average molecular weight is 308 g/mol. The highest BCUT2D eigenvalue weighted by Crippen LogP contribution is 2.28. The number of piperidine rings is 1. The Morgan fingerprint density at radius 2 is 1.82 bits per heavy atom. The molecule has 0 unspecified atom stereocenters. The van der Waals surface area contributed by atoms with Crippen LogP contribution in [0.25, 0.3) is 0 Å². The number of nitro benzene ring substituents is 2. The Kier molecular flexibility index (Phi) is 4.99. The number of hydrogen-bond acceptors (Lipinski definition) is 6. The monoisotopic (exact) mass is 308 g/mol. The van der Waals surface area contributed by atoms with Crippen molar-refractivity contribution in [3.63, 3.8) is 0 Å². The van der Waals surface area contributed by atoms with Crippen LogP contribution in [0.3, 0.4) is 0 Å². The molecule has 22 heavy (non-hydrogen) atoms. The summed E-state index contributed by atoms with van der Waals surface area (Å²) >= 11 is 0. The van der Waals surface area contributed by atoms with E-state index >= 15 is 0 Å². The van der Waals surface area contributed by atoms with Gasteiger partial charge in [0.2, 0.25) is 5.91 Å². The number of nitrogens with one attached hydrogen (secondary N) is 1. The number of rotatable bonds is 5. The van der Waals surface area contributed by atoms with Crippen molar-refractivity contribution in [1.82, 2.24) is 4.90 Å². The third-order valence-electron chi connectivity index (χ3n) is 3.48. The smallest absolute Gasteiger partial charge is 0.299 e. The molecule has 0 radical (unpaired) electrons. The third-order valence-corrected chi connectivity index (χ3v) is 3.48. The Labute approximate surface area is 126 Å². The Hall–Kier alpha value is -2.55. The molecule has 1 heterocycles. The van der Waals surface area contributed by atoms with Gasteiger partial charge < -0.3 is 5.32 Å². The molecule has 0 aliphatic carbocycles. The number of anilines is 1. The van der Waals surface area contributed by atoms with E-state index in [1.807, 2.05) is 4.90 Å². The molecule has 1 aromatic carbocycles. The second-order valence-corrected chi connectivity index (χ2v) is 5.10. The molecule has 0 bridgehead atoms. The van der Waals surface area contributed by atoms with Crippen LogP contribution >= 0.6 is 0 Å². The number of amides is 1. The summed E-state index contributed by atoms with van der Waals surface area (Å²) in [5.74, 6) is -0.362. The minimum atomic E-state index is -0.747. The van der Waals surface area contributed by atoms with E-state index < -0.39 is 15.5 Å². The first-order chi connectivity index (χ1) is 10.5. The van der Waals surface area contributed by atoms with Crippen molar-refractivity contribution < 1.29 is 14.6 Å². The van der Waals surface area contributed by atoms with Crippen molar-refractivity contribution >= 4 is 23.0 Å². The number of nitro groups is 2. The van der Waals surface area contributed by atoms with Gasteiger partial charge in [-0.05, 0) is 32.0 Å². The summed E-state index contributed by atoms with van der Waals surface area (Å²) in [5, 5.41) is 24.1. The summed E-state index contributed by atoms with van der Waals surface area (Å²) in [6.45, 7) is 1.82. The van der Waals surface area contributed by atoms with Gasteiger partial charge in [-0.3, -0.25) is 29.9 Å². The van der Waals surface area contributed by atoms with Crippen LogP contribution in [0, 0.1) is 20.2 Å². The van der Waals surface area contributed by atoms with Crippen LogP contribution in [0.15, 0.2) is 18.2 Å². The number of carbonyl (C=O) groups excluding carboxylic acids is 1. The number of hydrogen-bond donors (Lipinski definition) is 1. The zero-order valence-electron chi connectivity index (χ0n) is 11.9. The van der Waals surface area contributed by atoms with E-state index in [2.05, 4.69) is 5.32 Å². The van der Waals surface area contributed by atoms with E-state index in [0.717, 1.165) is 44.5 Å². The first-order valence-corrected chi connectivity index (χ1v) is 6.92. The van der Waals surface area contributed by atoms with Crippen LogP contribution in [0.1, 0.15) is 19.3 Å². The predicted molar refractivity (Wildman–Crippen MR) is 78.7 cm³/mol. The summed E-state index contributed by atoms with van der Waals surface area (Å²) in [7, 11) is 0. The van der Waals surface area contributed by atoms with Crippen molar-refractivity contribution in [1.29, 1.82) is 0 Å². The second kappa shape index (κ2) is 6.94. The maximum Gasteiger partial charge on any atom is 0.299 e. The molecule has 0 atom stereocenters. The maximum absolute atomic E-state index is 12.0. The molecule has 118 valence electrons. The molecule has 1 aromatic rings. The number of likely N-dealkylation sites (tertiary alicyclic amines) is 1. The van der Waals surface area contributed by atoms with E-state index in [4.69, 9.17) is 0 Å². The van der Waals surface area contributed by atoms with Gasteiger partial charge in [0.1, 0.15) is 5.69 Å². The molecule has 1 fully saturated rings. The zero-order chi connectivity index (χ0) is 16.1. The first-order valence-electron chi connectivity index (χ1n) is 6.92. The normalized spacial score (nSPS) is 15.3. The number of benzene rings is 1. The Bertz CT molecular complexity index is 598. The minimum absolute atomic E-state index is 0.0300. The highest BCUT2D eigenvalue weighted by atomic mass is 16.6. The van der Waals surface area contributed by atoms with Gasteiger partial charge in [-0.15, -0.1) is 0 Å². The second-order valence-electron chi connectivity index (χ2n) is 5.10. The van der Waals surface area contributed by atoms with Crippen LogP contribution in [0.2, 0.25) is 0 Å². The van der Waals surface area contributed by atoms with E-state index in [1.54, 1.807) is 0 Å². The highest BCUT2D eigenvalue weighted by molar-refractivity contribution is 5.94. The van der Waals surface area contributed by atoms with Crippen molar-refractivity contribution in [3.8, 4) is 0 Å². The van der Waals surface area contributed by atoms with Crippen LogP contribution in [0.5, 0.6) is 0 Å². The lowest BCUT2D eigenvalue weighted by Gasteiger charge is -2.25. The van der Waals surface area contributed by atoms with Crippen molar-refractivity contribution in [2.45, 2.75) is 19.3 Å². The van der Waals surface area contributed by atoms with Gasteiger partial charge in [0.05, 0.1) is 22.5 Å². The van der Waals surface area contributed by atoms with Gasteiger partial charge in [0.25, 0.3) is 11.4 Å². The fraction of sp³-hybridized carbons (Fsp3) is 0.462. The molecule has 1 saturated heterocycles. The fourth-order valence-electron chi connectivity index (χ4n) is 2.40. The largest absolute Gasteiger partial charge is 0.319 e. The van der Waals surface area contributed by atoms with E-state index in [0.29, 0.717) is 0 Å². The maximum atomic E-state index is 12.0. The molecule has 9 nitrogen and oxygen atoms in total. The number of non-ortho nitro benzene ring substituents is 1. The molecular formula is C13H16N4O5. The summed E-state index contributed by atoms with van der Waals surface area (Å²) < 4.78 is 0. The lowest BCUT2D eigenvalue weighted by Crippen LogP contribution is -2.36. The number of nitrogens with zero attached hydrogens (tertiary/aromatic N) is 3. The van der Waals surface area contributed by atoms with Crippen LogP contribution in [-0.2, 0) is 4.79 Å². The molecule has 9 heteroatoms. The Morgan fingerprint density at radius 1 is 1.14 bits per heavy atom. The quantitative estimate of drug-likeness (QED) is 0.655. The van der Waals surface area contributed by atoms with Crippen LogP contribution in [-0.4, -0.2) is 40.3 Å². The lowest BCUT2D eigenvalue weighted by atomic mass is 10.1. The number of carbonyl (C=O) groups is 1. The van der Waals surface area contributed by atoms with Crippen molar-refractivity contribution in [2.75, 3.05) is 25.0 Å². The SMILES string of the molecule is O=C(CN1CCCCC1)Nc1ccc([N+](=O)[O-])cc1[N+](=O)[O-]. The van der Waals surface area contributed by atoms with Gasteiger partial charge in [0, 0.05) is 6.07 Å². The van der Waals surface area contributed by atoms with E-state index in [-0.39, 0.29) is 23.8 Å². The third kappa shape index (κ3) is 3.98. The Balaban J connectivity index is 2.09. The van der Waals surface area contributed by atoms with Crippen molar-refractivity contribution in [2.24, 2.45) is 0 Å². The topological polar surface area (TPSA) is 119 Å². The molecule has 0 saturated carbocycles. The first kappa shape index (κ1) is 15.8. The molecule has 1 N–H and O–H groups in total. The van der Waals surface area contributed by atoms with Gasteiger partial charge in [-0.2, -0.15) is 0 Å². The summed E-state index contributed by atoms with van der Waals surface area (Å²) in [4.78, 5) is 34.1. The molecule has 1 aliphatic heterocycles. The average Bonchev–Trinajstić information content (AvgIpc) is 2.48. The lowest BCUT2D eigenvalue weighted by molar-refractivity contribution is -0.393. The fourth-order valence-corrected chi connectivity index (χ4v) is 2.40. The minimum Gasteiger partial charge on any atom is -0.319 e. The molecule has 0 spiro atoms. The summed E-state index contributed by atoms with van der Waals surface area (Å²) in [6, 6.07) is 3.16. The molecule has 1 aliphatic rings. The van der Waals surface area contributed by atoms with E-state index in [9.17, 15) is 25.0 Å². The molecule has 1 amide bonds. The summed E-state index contributed by atoms with van der Waals surface area (Å²) in [6.07, 6.45) is 3.21. The van der Waals surface area contributed by atoms with Gasteiger partial charge >= 0.3 is 0 Å². The zero-order valence-corrected chi connectivity index (χ0v) is 11.9.